The van der Waals surface area contributed by atoms with Crippen LogP contribution in [0.4, 0.5) is 5.69 Å². The lowest BCUT2D eigenvalue weighted by molar-refractivity contribution is 0.415. The monoisotopic (exact) mass is 209 g/mol. The highest BCUT2D eigenvalue weighted by Gasteiger charge is 2.08. The second-order valence-corrected chi connectivity index (χ2v) is 4.64. The van der Waals surface area contributed by atoms with E-state index in [1.165, 1.54) is 0 Å². The Labute approximate surface area is 93.7 Å². The summed E-state index contributed by atoms with van der Waals surface area (Å²) in [6, 6.07) is 7.99. The minimum atomic E-state index is 0. The third kappa shape index (κ3) is 5.31. The molecule has 1 aromatic carbocycles. The molecule has 0 radical (unpaired) electrons. The largest absolute Gasteiger partial charge is 0.497 e. The summed E-state index contributed by atoms with van der Waals surface area (Å²) in [5.41, 5.74) is 1.45. The molecule has 86 valence electrons. The second-order valence-electron chi connectivity index (χ2n) is 4.64. The normalized spacial score (nSPS) is 10.4. The Morgan fingerprint density at radius 2 is 1.67 bits per heavy atom. The summed E-state index contributed by atoms with van der Waals surface area (Å²) in [6.45, 7) is 7.61. The number of methoxy groups -OCH3 is 1. The highest BCUT2D eigenvalue weighted by Crippen LogP contribution is 2.18. The number of benzene rings is 1. The first kappa shape index (κ1) is 13.8. The molecule has 0 bridgehead atoms. The first-order valence-electron chi connectivity index (χ1n) is 4.89. The molecule has 0 aliphatic carbocycles. The minimum absolute atomic E-state index is 0. The molecule has 0 amide bonds. The van der Waals surface area contributed by atoms with Gasteiger partial charge in [0.25, 0.3) is 0 Å². The first-order valence-corrected chi connectivity index (χ1v) is 4.89. The molecule has 0 aliphatic heterocycles. The van der Waals surface area contributed by atoms with E-state index in [2.05, 4.69) is 26.1 Å². The molecule has 0 fully saturated rings. The molecule has 0 saturated carbocycles. The first-order chi connectivity index (χ1) is 6.51. The van der Waals surface area contributed by atoms with Crippen molar-refractivity contribution >= 4 is 5.69 Å². The highest BCUT2D eigenvalue weighted by molar-refractivity contribution is 5.46. The molecule has 0 unspecified atom stereocenters. The Morgan fingerprint density at radius 1 is 1.13 bits per heavy atom. The summed E-state index contributed by atoms with van der Waals surface area (Å²) in [5.74, 6) is 0.895. The van der Waals surface area contributed by atoms with E-state index >= 15 is 0 Å². The highest BCUT2D eigenvalue weighted by atomic mass is 16.5. The zero-order valence-corrected chi connectivity index (χ0v) is 9.42. The summed E-state index contributed by atoms with van der Waals surface area (Å²) >= 11 is 0. The van der Waals surface area contributed by atoms with Crippen LogP contribution in [0.15, 0.2) is 24.3 Å². The quantitative estimate of drug-likeness (QED) is 0.817. The fourth-order valence-corrected chi connectivity index (χ4v) is 1.08. The average Bonchev–Trinajstić information content (AvgIpc) is 2.14. The van der Waals surface area contributed by atoms with Gasteiger partial charge in [0, 0.05) is 12.2 Å². The van der Waals surface area contributed by atoms with Crippen LogP contribution in [0.2, 0.25) is 0 Å². The molecule has 0 aliphatic rings. The summed E-state index contributed by atoms with van der Waals surface area (Å²) < 4.78 is 5.09. The Balaban J connectivity index is 0.00000196. The van der Waals surface area contributed by atoms with Crippen LogP contribution in [-0.2, 0) is 0 Å². The molecule has 0 heterocycles. The second kappa shape index (κ2) is 5.64. The van der Waals surface area contributed by atoms with Crippen LogP contribution in [0, 0.1) is 5.41 Å². The van der Waals surface area contributed by atoms with E-state index < -0.39 is 0 Å². The summed E-state index contributed by atoms with van der Waals surface area (Å²) in [7, 11) is 1.68. The van der Waals surface area contributed by atoms with Gasteiger partial charge in [-0.05, 0) is 29.7 Å². The van der Waals surface area contributed by atoms with E-state index in [4.69, 9.17) is 4.74 Å². The molecule has 0 saturated heterocycles. The van der Waals surface area contributed by atoms with Crippen LogP contribution in [0.5, 0.6) is 5.75 Å². The topological polar surface area (TPSA) is 21.3 Å². The number of rotatable bonds is 3. The molecular weight excluding hydrogens is 186 g/mol. The van der Waals surface area contributed by atoms with Crippen LogP contribution in [0.3, 0.4) is 0 Å². The van der Waals surface area contributed by atoms with E-state index in [1.54, 1.807) is 7.11 Å². The molecule has 1 N–H and O–H groups in total. The predicted molar refractivity (Wildman–Crippen MR) is 67.7 cm³/mol. The SMILES string of the molecule is C.COc1ccc(NCC(C)(C)C)cc1. The summed E-state index contributed by atoms with van der Waals surface area (Å²) in [6.07, 6.45) is 0. The van der Waals surface area contributed by atoms with Crippen LogP contribution in [0.25, 0.3) is 0 Å². The van der Waals surface area contributed by atoms with Crippen molar-refractivity contribution in [3.63, 3.8) is 0 Å². The van der Waals surface area contributed by atoms with Crippen molar-refractivity contribution in [3.8, 4) is 5.75 Å². The predicted octanol–water partition coefficient (Wildman–Crippen LogP) is 3.79. The molecule has 0 spiro atoms. The third-order valence-electron chi connectivity index (χ3n) is 1.91. The Kier molecular flexibility index (Phi) is 5.20. The van der Waals surface area contributed by atoms with E-state index in [0.717, 1.165) is 18.0 Å². The van der Waals surface area contributed by atoms with E-state index in [0.29, 0.717) is 5.41 Å². The van der Waals surface area contributed by atoms with Crippen molar-refractivity contribution in [2.24, 2.45) is 5.41 Å². The number of hydrogen-bond acceptors (Lipinski definition) is 2. The Bertz CT molecular complexity index is 272. The molecular formula is C13H23NO. The maximum absolute atomic E-state index is 5.09. The van der Waals surface area contributed by atoms with Gasteiger partial charge in [0.15, 0.2) is 0 Å². The summed E-state index contributed by atoms with van der Waals surface area (Å²) in [5, 5.41) is 3.38. The smallest absolute Gasteiger partial charge is 0.119 e. The van der Waals surface area contributed by atoms with Crippen molar-refractivity contribution < 1.29 is 4.74 Å². The van der Waals surface area contributed by atoms with Gasteiger partial charge >= 0.3 is 0 Å². The zero-order chi connectivity index (χ0) is 10.6. The molecule has 15 heavy (non-hydrogen) atoms. The van der Waals surface area contributed by atoms with Gasteiger partial charge < -0.3 is 10.1 Å². The van der Waals surface area contributed by atoms with Gasteiger partial charge in [0.05, 0.1) is 7.11 Å². The van der Waals surface area contributed by atoms with Gasteiger partial charge in [0.2, 0.25) is 0 Å². The Morgan fingerprint density at radius 3 is 2.07 bits per heavy atom. The Hall–Kier alpha value is -1.18. The van der Waals surface area contributed by atoms with Crippen LogP contribution in [0.1, 0.15) is 28.2 Å². The third-order valence-corrected chi connectivity index (χ3v) is 1.91. The van der Waals surface area contributed by atoms with Crippen LogP contribution in [-0.4, -0.2) is 13.7 Å². The van der Waals surface area contributed by atoms with Crippen molar-refractivity contribution in [3.05, 3.63) is 24.3 Å². The van der Waals surface area contributed by atoms with Crippen LogP contribution >= 0.6 is 0 Å². The van der Waals surface area contributed by atoms with Crippen molar-refractivity contribution in [1.82, 2.24) is 0 Å². The van der Waals surface area contributed by atoms with Gasteiger partial charge in [-0.25, -0.2) is 0 Å². The van der Waals surface area contributed by atoms with Gasteiger partial charge in [-0.3, -0.25) is 0 Å². The molecule has 2 nitrogen and oxygen atoms in total. The standard InChI is InChI=1S/C12H19NO.CH4/c1-12(2,3)9-13-10-5-7-11(14-4)8-6-10;/h5-8,13H,9H2,1-4H3;1H4. The van der Waals surface area contributed by atoms with Gasteiger partial charge in [-0.2, -0.15) is 0 Å². The molecule has 2 heteroatoms. The lowest BCUT2D eigenvalue weighted by Gasteiger charge is -2.19. The van der Waals surface area contributed by atoms with Crippen LogP contribution < -0.4 is 10.1 Å². The lowest BCUT2D eigenvalue weighted by Crippen LogP contribution is -2.18. The maximum Gasteiger partial charge on any atom is 0.119 e. The molecule has 0 atom stereocenters. The van der Waals surface area contributed by atoms with E-state index in [-0.39, 0.29) is 7.43 Å². The maximum atomic E-state index is 5.09. The molecule has 0 aromatic heterocycles. The van der Waals surface area contributed by atoms with Gasteiger partial charge in [-0.15, -0.1) is 0 Å². The number of nitrogens with one attached hydrogen (secondary N) is 1. The van der Waals surface area contributed by atoms with Gasteiger partial charge in [0.1, 0.15) is 5.75 Å². The van der Waals surface area contributed by atoms with Crippen molar-refractivity contribution in [2.45, 2.75) is 28.2 Å². The van der Waals surface area contributed by atoms with E-state index in [9.17, 15) is 0 Å². The zero-order valence-electron chi connectivity index (χ0n) is 9.42. The molecule has 1 rings (SSSR count). The minimum Gasteiger partial charge on any atom is -0.497 e. The van der Waals surface area contributed by atoms with Gasteiger partial charge in [-0.1, -0.05) is 28.2 Å². The average molecular weight is 209 g/mol. The fourth-order valence-electron chi connectivity index (χ4n) is 1.08. The lowest BCUT2D eigenvalue weighted by atomic mass is 9.97. The van der Waals surface area contributed by atoms with Crippen molar-refractivity contribution in [1.29, 1.82) is 0 Å². The summed E-state index contributed by atoms with van der Waals surface area (Å²) in [4.78, 5) is 0. The van der Waals surface area contributed by atoms with E-state index in [1.807, 2.05) is 24.3 Å². The van der Waals surface area contributed by atoms with Crippen molar-refractivity contribution in [2.75, 3.05) is 19.0 Å². The number of anilines is 1. The molecule has 1 aromatic rings. The number of hydrogen-bond donors (Lipinski definition) is 1. The fraction of sp³-hybridized carbons (Fsp3) is 0.538. The number of ether oxygens (including phenoxy) is 1.